The molecule has 0 aromatic heterocycles. The molecule has 4 heteroatoms. The van der Waals surface area contributed by atoms with Crippen LogP contribution in [0.2, 0.25) is 0 Å². The fourth-order valence-electron chi connectivity index (χ4n) is 3.85. The summed E-state index contributed by atoms with van der Waals surface area (Å²) in [6.45, 7) is 1.97. The number of anilines is 1. The largest absolute Gasteiger partial charge is 0.271 e. The molecule has 0 aliphatic carbocycles. The van der Waals surface area contributed by atoms with E-state index in [1.165, 1.54) is 0 Å². The zero-order valence-corrected chi connectivity index (χ0v) is 18.4. The summed E-state index contributed by atoms with van der Waals surface area (Å²) >= 11 is 3.51. The SMILES string of the molecule is CC1=NN(c2ccccc2)C(=O)C1(C/C=C/c1cccc(Br)c1)Cc1ccccc1. The first-order valence-corrected chi connectivity index (χ1v) is 10.8. The predicted octanol–water partition coefficient (Wildman–Crippen LogP) is 6.50. The summed E-state index contributed by atoms with van der Waals surface area (Å²) in [7, 11) is 0. The van der Waals surface area contributed by atoms with E-state index in [9.17, 15) is 4.79 Å². The number of nitrogens with zero attached hydrogens (tertiary/aromatic N) is 2. The van der Waals surface area contributed by atoms with E-state index in [0.717, 1.165) is 27.0 Å². The van der Waals surface area contributed by atoms with Crippen LogP contribution in [-0.2, 0) is 11.2 Å². The van der Waals surface area contributed by atoms with Gasteiger partial charge in [0.2, 0.25) is 0 Å². The highest BCUT2D eigenvalue weighted by Gasteiger charge is 2.48. The summed E-state index contributed by atoms with van der Waals surface area (Å²) in [6.07, 6.45) is 5.37. The number of para-hydroxylation sites is 1. The first-order valence-electron chi connectivity index (χ1n) is 10.00. The van der Waals surface area contributed by atoms with Gasteiger partial charge >= 0.3 is 0 Å². The Bertz CT molecular complexity index is 1090. The number of carbonyl (C=O) groups is 1. The van der Waals surface area contributed by atoms with Gasteiger partial charge in [-0.25, -0.2) is 0 Å². The monoisotopic (exact) mass is 458 g/mol. The Morgan fingerprint density at radius 2 is 1.67 bits per heavy atom. The van der Waals surface area contributed by atoms with Crippen LogP contribution in [0.1, 0.15) is 24.5 Å². The molecule has 1 unspecified atom stereocenters. The van der Waals surface area contributed by atoms with Gasteiger partial charge < -0.3 is 0 Å². The van der Waals surface area contributed by atoms with Crippen molar-refractivity contribution in [2.75, 3.05) is 5.01 Å². The van der Waals surface area contributed by atoms with Crippen molar-refractivity contribution in [3.8, 4) is 0 Å². The van der Waals surface area contributed by atoms with Gasteiger partial charge in [0.25, 0.3) is 5.91 Å². The molecule has 1 atom stereocenters. The number of carbonyl (C=O) groups excluding carboxylic acids is 1. The minimum atomic E-state index is -0.695. The van der Waals surface area contributed by atoms with Crippen LogP contribution in [0, 0.1) is 5.41 Å². The van der Waals surface area contributed by atoms with Gasteiger partial charge in [0.05, 0.1) is 16.8 Å². The van der Waals surface area contributed by atoms with E-state index >= 15 is 0 Å². The van der Waals surface area contributed by atoms with Crippen LogP contribution < -0.4 is 5.01 Å². The number of hydrogen-bond acceptors (Lipinski definition) is 2. The molecular weight excluding hydrogens is 436 g/mol. The van der Waals surface area contributed by atoms with Crippen molar-refractivity contribution in [2.24, 2.45) is 10.5 Å². The smallest absolute Gasteiger partial charge is 0.260 e. The summed E-state index contributed by atoms with van der Waals surface area (Å²) in [6, 6.07) is 27.9. The topological polar surface area (TPSA) is 32.7 Å². The Balaban J connectivity index is 1.67. The van der Waals surface area contributed by atoms with Gasteiger partial charge in [0, 0.05) is 4.47 Å². The second kappa shape index (κ2) is 8.80. The van der Waals surface area contributed by atoms with E-state index in [-0.39, 0.29) is 5.91 Å². The fraction of sp³-hybridized carbons (Fsp3) is 0.154. The van der Waals surface area contributed by atoms with E-state index in [0.29, 0.717) is 12.8 Å². The highest BCUT2D eigenvalue weighted by Crippen LogP contribution is 2.39. The van der Waals surface area contributed by atoms with E-state index in [2.05, 4.69) is 57.4 Å². The molecule has 0 N–H and O–H groups in total. The molecule has 0 bridgehead atoms. The van der Waals surface area contributed by atoms with Gasteiger partial charge in [-0.2, -0.15) is 10.1 Å². The lowest BCUT2D eigenvalue weighted by Crippen LogP contribution is -2.40. The van der Waals surface area contributed by atoms with Crippen molar-refractivity contribution < 1.29 is 4.79 Å². The Kier molecular flexibility index (Phi) is 5.96. The van der Waals surface area contributed by atoms with E-state index in [1.807, 2.05) is 67.6 Å². The molecular formula is C26H23BrN2O. The van der Waals surface area contributed by atoms with Crippen molar-refractivity contribution in [1.29, 1.82) is 0 Å². The minimum absolute atomic E-state index is 0.0222. The number of rotatable bonds is 6. The molecule has 150 valence electrons. The third-order valence-corrected chi connectivity index (χ3v) is 6.01. The molecule has 0 saturated carbocycles. The quantitative estimate of drug-likeness (QED) is 0.414. The molecule has 1 aliphatic heterocycles. The molecule has 3 aromatic carbocycles. The second-order valence-corrected chi connectivity index (χ2v) is 8.46. The van der Waals surface area contributed by atoms with E-state index < -0.39 is 5.41 Å². The third-order valence-electron chi connectivity index (χ3n) is 5.52. The van der Waals surface area contributed by atoms with Crippen LogP contribution >= 0.6 is 15.9 Å². The number of amides is 1. The third kappa shape index (κ3) is 4.14. The van der Waals surface area contributed by atoms with E-state index in [4.69, 9.17) is 0 Å². The minimum Gasteiger partial charge on any atom is -0.271 e. The fourth-order valence-corrected chi connectivity index (χ4v) is 4.27. The van der Waals surface area contributed by atoms with Crippen molar-refractivity contribution in [1.82, 2.24) is 0 Å². The van der Waals surface area contributed by atoms with Crippen molar-refractivity contribution in [3.05, 3.63) is 107 Å². The zero-order chi connectivity index (χ0) is 21.0. The maximum atomic E-state index is 13.7. The molecule has 1 aliphatic rings. The molecule has 0 spiro atoms. The molecule has 4 rings (SSSR count). The van der Waals surface area contributed by atoms with Gasteiger partial charge in [0.1, 0.15) is 0 Å². The lowest BCUT2D eigenvalue weighted by molar-refractivity contribution is -0.123. The normalized spacial score (nSPS) is 18.8. The summed E-state index contributed by atoms with van der Waals surface area (Å²) in [4.78, 5) is 13.7. The van der Waals surface area contributed by atoms with Crippen molar-refractivity contribution in [2.45, 2.75) is 19.8 Å². The van der Waals surface area contributed by atoms with Crippen LogP contribution in [-0.4, -0.2) is 11.6 Å². The molecule has 1 heterocycles. The standard InChI is InChI=1S/C26H23BrN2O/c1-20-26(19-22-10-4-2-5-11-22,17-9-13-21-12-8-14-23(27)18-21)25(30)29(28-20)24-15-6-3-7-16-24/h2-16,18H,17,19H2,1H3/b13-9+. The molecule has 0 fully saturated rings. The molecule has 30 heavy (non-hydrogen) atoms. The Labute approximate surface area is 185 Å². The number of hydrogen-bond donors (Lipinski definition) is 0. The van der Waals surface area contributed by atoms with Crippen molar-refractivity contribution >= 4 is 39.3 Å². The van der Waals surface area contributed by atoms with Crippen LogP contribution in [0.15, 0.2) is 101 Å². The maximum absolute atomic E-state index is 13.7. The lowest BCUT2D eigenvalue weighted by Gasteiger charge is -2.27. The Morgan fingerprint density at radius 1 is 0.967 bits per heavy atom. The average Bonchev–Trinajstić information content (AvgIpc) is 3.00. The lowest BCUT2D eigenvalue weighted by atomic mass is 9.74. The Hall–Kier alpha value is -2.98. The van der Waals surface area contributed by atoms with Crippen LogP contribution in [0.4, 0.5) is 5.69 Å². The highest BCUT2D eigenvalue weighted by molar-refractivity contribution is 9.10. The highest BCUT2D eigenvalue weighted by atomic mass is 79.9. The summed E-state index contributed by atoms with van der Waals surface area (Å²) < 4.78 is 1.04. The summed E-state index contributed by atoms with van der Waals surface area (Å²) in [5.41, 5.74) is 3.18. The van der Waals surface area contributed by atoms with Gasteiger partial charge in [-0.1, -0.05) is 88.7 Å². The maximum Gasteiger partial charge on any atom is 0.260 e. The van der Waals surface area contributed by atoms with Crippen LogP contribution in [0.25, 0.3) is 6.08 Å². The molecule has 3 aromatic rings. The number of benzene rings is 3. The van der Waals surface area contributed by atoms with Gasteiger partial charge in [-0.15, -0.1) is 0 Å². The van der Waals surface area contributed by atoms with Gasteiger partial charge in [-0.05, 0) is 55.2 Å². The van der Waals surface area contributed by atoms with E-state index in [1.54, 1.807) is 5.01 Å². The first-order chi connectivity index (χ1) is 14.6. The summed E-state index contributed by atoms with van der Waals surface area (Å²) in [5, 5.41) is 6.25. The average molecular weight is 459 g/mol. The second-order valence-electron chi connectivity index (χ2n) is 7.54. The predicted molar refractivity (Wildman–Crippen MR) is 127 cm³/mol. The number of allylic oxidation sites excluding steroid dienone is 1. The molecule has 0 radical (unpaired) electrons. The number of hydrazone groups is 1. The number of halogens is 1. The summed E-state index contributed by atoms with van der Waals surface area (Å²) in [5.74, 6) is 0.0222. The van der Waals surface area contributed by atoms with Crippen LogP contribution in [0.5, 0.6) is 0 Å². The molecule has 3 nitrogen and oxygen atoms in total. The van der Waals surface area contributed by atoms with Crippen molar-refractivity contribution in [3.63, 3.8) is 0 Å². The van der Waals surface area contributed by atoms with Crippen LogP contribution in [0.3, 0.4) is 0 Å². The first kappa shape index (κ1) is 20.3. The molecule has 1 amide bonds. The van der Waals surface area contributed by atoms with Gasteiger partial charge in [-0.3, -0.25) is 4.79 Å². The Morgan fingerprint density at radius 3 is 2.37 bits per heavy atom. The van der Waals surface area contributed by atoms with Gasteiger partial charge in [0.15, 0.2) is 0 Å². The molecule has 0 saturated heterocycles. The zero-order valence-electron chi connectivity index (χ0n) is 16.8.